The second kappa shape index (κ2) is 5.72. The van der Waals surface area contributed by atoms with Crippen molar-refractivity contribution in [3.63, 3.8) is 0 Å². The number of nitrogens with one attached hydrogen (secondary N) is 1. The molecule has 0 spiro atoms. The normalized spacial score (nSPS) is 23.4. The fourth-order valence-corrected chi connectivity index (χ4v) is 2.60. The van der Waals surface area contributed by atoms with Crippen LogP contribution in [0.15, 0.2) is 0 Å². The molecule has 84 valence electrons. The van der Waals surface area contributed by atoms with Gasteiger partial charge in [-0.15, -0.1) is 0 Å². The van der Waals surface area contributed by atoms with Crippen LogP contribution in [0.5, 0.6) is 0 Å². The van der Waals surface area contributed by atoms with Gasteiger partial charge in [0.25, 0.3) is 0 Å². The van der Waals surface area contributed by atoms with Crippen LogP contribution in [0.1, 0.15) is 45.4 Å². The lowest BCUT2D eigenvalue weighted by atomic mass is 9.81. The van der Waals surface area contributed by atoms with Crippen molar-refractivity contribution in [2.24, 2.45) is 5.92 Å². The van der Waals surface area contributed by atoms with Crippen molar-refractivity contribution in [3.05, 3.63) is 0 Å². The maximum atomic E-state index is 5.62. The maximum absolute atomic E-state index is 5.62. The molecule has 0 radical (unpaired) electrons. The molecule has 1 atom stereocenters. The summed E-state index contributed by atoms with van der Waals surface area (Å²) >= 11 is 0. The number of rotatable bonds is 5. The topological polar surface area (TPSA) is 21.3 Å². The van der Waals surface area contributed by atoms with Crippen LogP contribution in [0.2, 0.25) is 0 Å². The molecule has 14 heavy (non-hydrogen) atoms. The number of likely N-dealkylation sites (N-methyl/N-ethyl adjacent to an activating group) is 1. The molecule has 1 aliphatic carbocycles. The Balaban J connectivity index is 2.37. The van der Waals surface area contributed by atoms with Crippen molar-refractivity contribution >= 4 is 0 Å². The highest BCUT2D eigenvalue weighted by atomic mass is 16.5. The van der Waals surface area contributed by atoms with E-state index in [4.69, 9.17) is 4.74 Å². The molecule has 1 N–H and O–H groups in total. The summed E-state index contributed by atoms with van der Waals surface area (Å²) in [6, 6.07) is 0. The van der Waals surface area contributed by atoms with E-state index in [1.165, 1.54) is 38.5 Å². The van der Waals surface area contributed by atoms with Gasteiger partial charge in [0.1, 0.15) is 0 Å². The molecule has 0 aromatic rings. The molecule has 0 aliphatic heterocycles. The third-order valence-corrected chi connectivity index (χ3v) is 3.49. The lowest BCUT2D eigenvalue weighted by Gasteiger charge is -2.33. The summed E-state index contributed by atoms with van der Waals surface area (Å²) in [6.07, 6.45) is 8.30. The van der Waals surface area contributed by atoms with E-state index in [0.717, 1.165) is 12.5 Å². The van der Waals surface area contributed by atoms with Gasteiger partial charge in [0.2, 0.25) is 0 Å². The average molecular weight is 199 g/mol. The first-order valence-corrected chi connectivity index (χ1v) is 5.90. The molecular weight excluding hydrogens is 174 g/mol. The standard InChI is InChI=1S/C12H25NO/c1-12(14-3,10-13-2)9-11-7-5-4-6-8-11/h11,13H,4-10H2,1-3H3. The van der Waals surface area contributed by atoms with Crippen LogP contribution >= 0.6 is 0 Å². The zero-order valence-electron chi connectivity index (χ0n) is 9.94. The van der Waals surface area contributed by atoms with Crippen molar-refractivity contribution in [2.75, 3.05) is 20.7 Å². The van der Waals surface area contributed by atoms with E-state index in [-0.39, 0.29) is 5.60 Å². The molecule has 1 rings (SSSR count). The van der Waals surface area contributed by atoms with Gasteiger partial charge in [-0.1, -0.05) is 32.1 Å². The van der Waals surface area contributed by atoms with Crippen LogP contribution in [-0.4, -0.2) is 26.3 Å². The first kappa shape index (κ1) is 12.0. The first-order chi connectivity index (χ1) is 6.70. The summed E-state index contributed by atoms with van der Waals surface area (Å²) in [6.45, 7) is 3.18. The molecule has 0 saturated heterocycles. The number of hydrogen-bond donors (Lipinski definition) is 1. The van der Waals surface area contributed by atoms with E-state index < -0.39 is 0 Å². The minimum Gasteiger partial charge on any atom is -0.377 e. The Labute approximate surface area is 88.4 Å². The Morgan fingerprint density at radius 2 is 1.93 bits per heavy atom. The molecule has 1 aliphatic rings. The highest BCUT2D eigenvalue weighted by Gasteiger charge is 2.27. The number of hydrogen-bond acceptors (Lipinski definition) is 2. The monoisotopic (exact) mass is 199 g/mol. The molecule has 0 bridgehead atoms. The highest BCUT2D eigenvalue weighted by molar-refractivity contribution is 4.81. The number of methoxy groups -OCH3 is 1. The Hall–Kier alpha value is -0.0800. The Bertz CT molecular complexity index is 154. The van der Waals surface area contributed by atoms with E-state index in [0.29, 0.717) is 0 Å². The van der Waals surface area contributed by atoms with Gasteiger partial charge in [-0.25, -0.2) is 0 Å². The molecule has 2 nitrogen and oxygen atoms in total. The quantitative estimate of drug-likeness (QED) is 0.735. The summed E-state index contributed by atoms with van der Waals surface area (Å²) in [5.41, 5.74) is 0.0384. The van der Waals surface area contributed by atoms with Crippen LogP contribution in [0.25, 0.3) is 0 Å². The van der Waals surface area contributed by atoms with Crippen molar-refractivity contribution in [2.45, 2.75) is 51.0 Å². The van der Waals surface area contributed by atoms with E-state index in [2.05, 4.69) is 12.2 Å². The Kier molecular flexibility index (Phi) is 4.90. The zero-order valence-corrected chi connectivity index (χ0v) is 9.94. The van der Waals surface area contributed by atoms with Gasteiger partial charge in [-0.3, -0.25) is 0 Å². The summed E-state index contributed by atoms with van der Waals surface area (Å²) < 4.78 is 5.62. The fourth-order valence-electron chi connectivity index (χ4n) is 2.60. The predicted octanol–water partition coefficient (Wildman–Crippen LogP) is 2.58. The van der Waals surface area contributed by atoms with Crippen molar-refractivity contribution < 1.29 is 4.74 Å². The van der Waals surface area contributed by atoms with Gasteiger partial charge >= 0.3 is 0 Å². The summed E-state index contributed by atoms with van der Waals surface area (Å²) in [4.78, 5) is 0. The Morgan fingerprint density at radius 1 is 1.29 bits per heavy atom. The van der Waals surface area contributed by atoms with Gasteiger partial charge in [0.15, 0.2) is 0 Å². The molecule has 0 aromatic carbocycles. The predicted molar refractivity (Wildman–Crippen MR) is 60.5 cm³/mol. The van der Waals surface area contributed by atoms with Crippen molar-refractivity contribution in [1.82, 2.24) is 5.32 Å². The fraction of sp³-hybridized carbons (Fsp3) is 1.00. The van der Waals surface area contributed by atoms with Gasteiger partial charge in [-0.2, -0.15) is 0 Å². The number of ether oxygens (including phenoxy) is 1. The van der Waals surface area contributed by atoms with Gasteiger partial charge in [-0.05, 0) is 26.3 Å². The lowest BCUT2D eigenvalue weighted by molar-refractivity contribution is -0.0156. The lowest BCUT2D eigenvalue weighted by Crippen LogP contribution is -2.40. The van der Waals surface area contributed by atoms with Crippen LogP contribution in [0.4, 0.5) is 0 Å². The molecule has 0 amide bonds. The van der Waals surface area contributed by atoms with Crippen LogP contribution < -0.4 is 5.32 Å². The van der Waals surface area contributed by atoms with E-state index in [1.807, 2.05) is 14.2 Å². The molecule has 2 heteroatoms. The van der Waals surface area contributed by atoms with Crippen LogP contribution in [0, 0.1) is 5.92 Å². The van der Waals surface area contributed by atoms with Crippen LogP contribution in [0.3, 0.4) is 0 Å². The minimum absolute atomic E-state index is 0.0384. The minimum atomic E-state index is 0.0384. The maximum Gasteiger partial charge on any atom is 0.0777 e. The Morgan fingerprint density at radius 3 is 2.43 bits per heavy atom. The summed E-state index contributed by atoms with van der Waals surface area (Å²) in [5, 5.41) is 3.22. The highest BCUT2D eigenvalue weighted by Crippen LogP contribution is 2.31. The third kappa shape index (κ3) is 3.58. The SMILES string of the molecule is CNCC(C)(CC1CCCCC1)OC. The molecule has 1 saturated carbocycles. The van der Waals surface area contributed by atoms with Gasteiger partial charge in [0, 0.05) is 13.7 Å². The molecule has 0 aromatic heterocycles. The summed E-state index contributed by atoms with van der Waals surface area (Å²) in [7, 11) is 3.83. The third-order valence-electron chi connectivity index (χ3n) is 3.49. The largest absolute Gasteiger partial charge is 0.377 e. The molecular formula is C12H25NO. The zero-order chi connectivity index (χ0) is 10.4. The summed E-state index contributed by atoms with van der Waals surface area (Å²) in [5.74, 6) is 0.891. The van der Waals surface area contributed by atoms with E-state index in [1.54, 1.807) is 0 Å². The molecule has 0 heterocycles. The van der Waals surface area contributed by atoms with E-state index in [9.17, 15) is 0 Å². The average Bonchev–Trinajstić information content (AvgIpc) is 2.20. The van der Waals surface area contributed by atoms with Crippen molar-refractivity contribution in [3.8, 4) is 0 Å². The molecule has 1 fully saturated rings. The second-order valence-electron chi connectivity index (χ2n) is 4.89. The van der Waals surface area contributed by atoms with Crippen LogP contribution in [-0.2, 0) is 4.74 Å². The smallest absolute Gasteiger partial charge is 0.0777 e. The van der Waals surface area contributed by atoms with E-state index >= 15 is 0 Å². The van der Waals surface area contributed by atoms with Gasteiger partial charge in [0.05, 0.1) is 5.60 Å². The van der Waals surface area contributed by atoms with Gasteiger partial charge < -0.3 is 10.1 Å². The second-order valence-corrected chi connectivity index (χ2v) is 4.89. The van der Waals surface area contributed by atoms with Crippen molar-refractivity contribution in [1.29, 1.82) is 0 Å². The first-order valence-electron chi connectivity index (χ1n) is 5.90. The molecule has 1 unspecified atom stereocenters.